The molecule has 0 spiro atoms. The molecule has 0 atom stereocenters. The van der Waals surface area contributed by atoms with E-state index in [2.05, 4.69) is 9.97 Å². The summed E-state index contributed by atoms with van der Waals surface area (Å²) in [7, 11) is 0. The lowest BCUT2D eigenvalue weighted by Crippen LogP contribution is -2.15. The van der Waals surface area contributed by atoms with Gasteiger partial charge in [-0.3, -0.25) is 0 Å². The molecule has 0 saturated carbocycles. The molecule has 5 nitrogen and oxygen atoms in total. The van der Waals surface area contributed by atoms with Gasteiger partial charge in [-0.05, 0) is 44.0 Å². The van der Waals surface area contributed by atoms with Crippen LogP contribution in [0, 0.1) is 0 Å². The van der Waals surface area contributed by atoms with Crippen LogP contribution in [0.3, 0.4) is 0 Å². The highest BCUT2D eigenvalue weighted by atomic mass is 35.5. The molecular weight excluding hydrogens is 340 g/mol. The zero-order chi connectivity index (χ0) is 18.2. The zero-order valence-electron chi connectivity index (χ0n) is 14.8. The van der Waals surface area contributed by atoms with E-state index in [1.165, 1.54) is 0 Å². The van der Waals surface area contributed by atoms with Gasteiger partial charge in [0, 0.05) is 10.6 Å². The topological polar surface area (TPSA) is 61.3 Å². The van der Waals surface area contributed by atoms with Crippen molar-refractivity contribution in [1.29, 1.82) is 0 Å². The lowest BCUT2D eigenvalue weighted by atomic mass is 10.1. The van der Waals surface area contributed by atoms with Crippen LogP contribution in [0.1, 0.15) is 49.7 Å². The summed E-state index contributed by atoms with van der Waals surface area (Å²) in [4.78, 5) is 21.5. The van der Waals surface area contributed by atoms with Gasteiger partial charge in [-0.2, -0.15) is 4.98 Å². The van der Waals surface area contributed by atoms with E-state index in [-0.39, 0.29) is 12.5 Å². The monoisotopic (exact) mass is 362 g/mol. The van der Waals surface area contributed by atoms with E-state index in [1.807, 2.05) is 26.0 Å². The first-order valence-corrected chi connectivity index (χ1v) is 8.95. The van der Waals surface area contributed by atoms with Gasteiger partial charge in [0.25, 0.3) is 0 Å². The molecule has 6 heteroatoms. The molecule has 0 aliphatic carbocycles. The third-order valence-electron chi connectivity index (χ3n) is 3.46. The molecule has 1 heterocycles. The molecule has 1 aromatic carbocycles. The van der Waals surface area contributed by atoms with Crippen molar-refractivity contribution in [2.45, 2.75) is 40.0 Å². The summed E-state index contributed by atoms with van der Waals surface area (Å²) in [6.45, 7) is 6.56. The molecule has 0 unspecified atom stereocenters. The van der Waals surface area contributed by atoms with Gasteiger partial charge in [0.2, 0.25) is 5.88 Å². The van der Waals surface area contributed by atoms with E-state index < -0.39 is 5.97 Å². The van der Waals surface area contributed by atoms with Gasteiger partial charge in [-0.25, -0.2) is 9.78 Å². The normalized spacial score (nSPS) is 10.6. The van der Waals surface area contributed by atoms with Gasteiger partial charge in [-0.1, -0.05) is 31.9 Å². The first-order valence-electron chi connectivity index (χ1n) is 8.57. The van der Waals surface area contributed by atoms with Gasteiger partial charge in [0.05, 0.1) is 18.9 Å². The molecule has 134 valence electrons. The lowest BCUT2D eigenvalue weighted by Gasteiger charge is -2.14. The summed E-state index contributed by atoms with van der Waals surface area (Å²) < 4.78 is 10.9. The van der Waals surface area contributed by atoms with Crippen LogP contribution in [-0.2, 0) is 11.2 Å². The minimum atomic E-state index is -0.445. The molecule has 0 aliphatic rings. The number of benzene rings is 1. The van der Waals surface area contributed by atoms with Crippen LogP contribution in [0.5, 0.6) is 5.88 Å². The number of aryl methyl sites for hydroxylation is 1. The number of halogens is 1. The SMILES string of the molecule is CCCOc1nc(-c2ccc(Cl)cc2)nc(CCC)c1C(=O)OCC. The maximum Gasteiger partial charge on any atom is 0.345 e. The fourth-order valence-corrected chi connectivity index (χ4v) is 2.47. The number of esters is 1. The van der Waals surface area contributed by atoms with Crippen LogP contribution in [0.25, 0.3) is 11.4 Å². The van der Waals surface area contributed by atoms with Crippen molar-refractivity contribution in [1.82, 2.24) is 9.97 Å². The Labute approximate surface area is 153 Å². The van der Waals surface area contributed by atoms with Crippen LogP contribution in [0.2, 0.25) is 5.02 Å². The fourth-order valence-electron chi connectivity index (χ4n) is 2.34. The van der Waals surface area contributed by atoms with Gasteiger partial charge < -0.3 is 9.47 Å². The summed E-state index contributed by atoms with van der Waals surface area (Å²) in [5.41, 5.74) is 1.79. The highest BCUT2D eigenvalue weighted by Gasteiger charge is 2.23. The summed E-state index contributed by atoms with van der Waals surface area (Å²) in [5.74, 6) is 0.350. The third kappa shape index (κ3) is 4.92. The summed E-state index contributed by atoms with van der Waals surface area (Å²) in [5, 5.41) is 0.642. The Balaban J connectivity index is 2.57. The Morgan fingerprint density at radius 3 is 2.40 bits per heavy atom. The molecule has 0 aliphatic heterocycles. The van der Waals surface area contributed by atoms with Gasteiger partial charge >= 0.3 is 5.97 Å². The smallest absolute Gasteiger partial charge is 0.345 e. The first-order chi connectivity index (χ1) is 12.1. The van der Waals surface area contributed by atoms with Gasteiger partial charge in [-0.15, -0.1) is 0 Å². The second kappa shape index (κ2) is 9.37. The molecule has 1 aromatic heterocycles. The van der Waals surface area contributed by atoms with Gasteiger partial charge in [0.1, 0.15) is 5.56 Å². The Kier molecular flexibility index (Phi) is 7.19. The van der Waals surface area contributed by atoms with Crippen LogP contribution in [0.15, 0.2) is 24.3 Å². The number of hydrogen-bond acceptors (Lipinski definition) is 5. The predicted molar refractivity (Wildman–Crippen MR) is 98.2 cm³/mol. The number of ether oxygens (including phenoxy) is 2. The maximum absolute atomic E-state index is 12.4. The molecule has 0 N–H and O–H groups in total. The van der Waals surface area contributed by atoms with Crippen molar-refractivity contribution in [2.75, 3.05) is 13.2 Å². The second-order valence-electron chi connectivity index (χ2n) is 5.50. The van der Waals surface area contributed by atoms with E-state index in [9.17, 15) is 4.79 Å². The van der Waals surface area contributed by atoms with Crippen molar-refractivity contribution in [2.24, 2.45) is 0 Å². The molecule has 0 bridgehead atoms. The molecule has 2 aromatic rings. The molecule has 0 radical (unpaired) electrons. The Morgan fingerprint density at radius 2 is 1.80 bits per heavy atom. The number of carbonyl (C=O) groups excluding carboxylic acids is 1. The average molecular weight is 363 g/mol. The van der Waals surface area contributed by atoms with Crippen LogP contribution in [-0.4, -0.2) is 29.2 Å². The van der Waals surface area contributed by atoms with E-state index in [1.54, 1.807) is 19.1 Å². The quantitative estimate of drug-likeness (QED) is 0.636. The highest BCUT2D eigenvalue weighted by molar-refractivity contribution is 6.30. The standard InChI is InChI=1S/C19H23ClN2O3/c1-4-7-15-16(19(23)24-6-3)18(25-12-5-2)22-17(21-15)13-8-10-14(20)11-9-13/h8-11H,4-7,12H2,1-3H3. The van der Waals surface area contributed by atoms with Crippen LogP contribution in [0.4, 0.5) is 0 Å². The third-order valence-corrected chi connectivity index (χ3v) is 3.71. The van der Waals surface area contributed by atoms with Crippen molar-refractivity contribution in [3.05, 3.63) is 40.5 Å². The number of aromatic nitrogens is 2. The van der Waals surface area contributed by atoms with Crippen molar-refractivity contribution in [3.8, 4) is 17.3 Å². The van der Waals surface area contributed by atoms with Crippen LogP contribution < -0.4 is 4.74 Å². The van der Waals surface area contributed by atoms with E-state index in [0.717, 1.165) is 18.4 Å². The summed E-state index contributed by atoms with van der Waals surface area (Å²) in [6, 6.07) is 7.26. The molecule has 0 amide bonds. The zero-order valence-corrected chi connectivity index (χ0v) is 15.6. The summed E-state index contributed by atoms with van der Waals surface area (Å²) >= 11 is 5.95. The number of carbonyl (C=O) groups is 1. The minimum absolute atomic E-state index is 0.281. The molecule has 25 heavy (non-hydrogen) atoms. The van der Waals surface area contributed by atoms with Crippen molar-refractivity contribution in [3.63, 3.8) is 0 Å². The number of rotatable bonds is 8. The average Bonchev–Trinajstić information content (AvgIpc) is 2.60. The number of nitrogens with zero attached hydrogens (tertiary/aromatic N) is 2. The van der Waals surface area contributed by atoms with Crippen LogP contribution >= 0.6 is 11.6 Å². The lowest BCUT2D eigenvalue weighted by molar-refractivity contribution is 0.0518. The highest BCUT2D eigenvalue weighted by Crippen LogP contribution is 2.27. The van der Waals surface area contributed by atoms with Crippen molar-refractivity contribution < 1.29 is 14.3 Å². The molecule has 2 rings (SSSR count). The predicted octanol–water partition coefficient (Wildman–Crippen LogP) is 4.72. The van der Waals surface area contributed by atoms with E-state index >= 15 is 0 Å². The number of hydrogen-bond donors (Lipinski definition) is 0. The Bertz CT molecular complexity index is 717. The van der Waals surface area contributed by atoms with Crippen molar-refractivity contribution >= 4 is 17.6 Å². The largest absolute Gasteiger partial charge is 0.477 e. The second-order valence-corrected chi connectivity index (χ2v) is 5.94. The van der Waals surface area contributed by atoms with E-state index in [0.29, 0.717) is 35.1 Å². The van der Waals surface area contributed by atoms with Gasteiger partial charge in [0.15, 0.2) is 5.82 Å². The fraction of sp³-hybridized carbons (Fsp3) is 0.421. The summed E-state index contributed by atoms with van der Waals surface area (Å²) in [6.07, 6.45) is 2.29. The molecular formula is C19H23ClN2O3. The first kappa shape index (κ1) is 19.2. The Hall–Kier alpha value is -2.14. The molecule has 0 saturated heterocycles. The van der Waals surface area contributed by atoms with E-state index in [4.69, 9.17) is 21.1 Å². The maximum atomic E-state index is 12.4. The Morgan fingerprint density at radius 1 is 1.08 bits per heavy atom. The minimum Gasteiger partial charge on any atom is -0.477 e. The molecule has 0 fully saturated rings.